The number of nitrogens with two attached hydrogens (primary N) is 1. The van der Waals surface area contributed by atoms with Crippen molar-refractivity contribution in [1.82, 2.24) is 4.98 Å². The van der Waals surface area contributed by atoms with Crippen molar-refractivity contribution in [1.29, 1.82) is 0 Å². The first-order chi connectivity index (χ1) is 8.24. The van der Waals surface area contributed by atoms with Gasteiger partial charge in [-0.3, -0.25) is 4.79 Å². The van der Waals surface area contributed by atoms with Gasteiger partial charge >= 0.3 is 0 Å². The van der Waals surface area contributed by atoms with Gasteiger partial charge in [-0.15, -0.1) is 0 Å². The van der Waals surface area contributed by atoms with Gasteiger partial charge < -0.3 is 5.73 Å². The molecule has 1 amide bonds. The van der Waals surface area contributed by atoms with Gasteiger partial charge in [-0.25, -0.2) is 4.98 Å². The number of pyridine rings is 1. The molecule has 3 heteroatoms. The summed E-state index contributed by atoms with van der Waals surface area (Å²) in [5.74, 6) is -0.429. The molecule has 1 aromatic heterocycles. The lowest BCUT2D eigenvalue weighted by atomic mass is 10.1. The summed E-state index contributed by atoms with van der Waals surface area (Å²) in [6.45, 7) is 0. The molecule has 0 saturated carbocycles. The highest BCUT2D eigenvalue weighted by atomic mass is 16.1. The van der Waals surface area contributed by atoms with Gasteiger partial charge in [0, 0.05) is 16.3 Å². The van der Waals surface area contributed by atoms with E-state index < -0.39 is 5.91 Å². The lowest BCUT2D eigenvalue weighted by molar-refractivity contribution is 0.100. The molecule has 0 aliphatic carbocycles. The number of para-hydroxylation sites is 1. The average Bonchev–Trinajstić information content (AvgIpc) is 2.35. The van der Waals surface area contributed by atoms with Crippen molar-refractivity contribution in [3.63, 3.8) is 0 Å². The number of carbonyl (C=O) groups excluding carboxylic acids is 1. The third kappa shape index (κ3) is 1.61. The molecule has 0 saturated heterocycles. The van der Waals surface area contributed by atoms with Gasteiger partial charge in [-0.2, -0.15) is 0 Å². The number of fused-ring (bicyclic) bond motifs is 2. The van der Waals surface area contributed by atoms with Crippen molar-refractivity contribution < 1.29 is 4.79 Å². The van der Waals surface area contributed by atoms with E-state index in [1.165, 1.54) is 0 Å². The van der Waals surface area contributed by atoms with Crippen LogP contribution < -0.4 is 5.73 Å². The molecule has 2 aromatic carbocycles. The van der Waals surface area contributed by atoms with E-state index in [1.54, 1.807) is 12.1 Å². The molecule has 17 heavy (non-hydrogen) atoms. The summed E-state index contributed by atoms with van der Waals surface area (Å²) in [6.07, 6.45) is 0. The van der Waals surface area contributed by atoms with Crippen LogP contribution in [0, 0.1) is 0 Å². The van der Waals surface area contributed by atoms with Gasteiger partial charge in [0.2, 0.25) is 5.91 Å². The van der Waals surface area contributed by atoms with Crippen LogP contribution in [0.4, 0.5) is 0 Å². The predicted octanol–water partition coefficient (Wildman–Crippen LogP) is 2.49. The van der Waals surface area contributed by atoms with E-state index in [2.05, 4.69) is 11.1 Å². The van der Waals surface area contributed by atoms with Crippen molar-refractivity contribution in [3.05, 3.63) is 54.1 Å². The highest BCUT2D eigenvalue weighted by Crippen LogP contribution is 2.20. The monoisotopic (exact) mass is 222 g/mol. The number of primary amides is 1. The molecule has 0 fully saturated rings. The lowest BCUT2D eigenvalue weighted by Gasteiger charge is -2.02. The second-order valence-corrected chi connectivity index (χ2v) is 3.95. The summed E-state index contributed by atoms with van der Waals surface area (Å²) in [5, 5.41) is 2.10. The second-order valence-electron chi connectivity index (χ2n) is 3.95. The SMILES string of the molecule is NC(=O)c1ccc2cc3ccccc3nc2c1. The van der Waals surface area contributed by atoms with Gasteiger partial charge in [-0.05, 0) is 24.3 Å². The molecule has 0 unspecified atom stereocenters. The first-order valence-corrected chi connectivity index (χ1v) is 5.33. The standard InChI is InChI=1S/C14H10N2O/c15-14(17)11-6-5-10-7-9-3-1-2-4-12(9)16-13(10)8-11/h1-8H,(H2,15,17). The van der Waals surface area contributed by atoms with Crippen LogP contribution in [0.15, 0.2) is 48.5 Å². The van der Waals surface area contributed by atoms with Crippen LogP contribution in [0.2, 0.25) is 0 Å². The Morgan fingerprint density at radius 2 is 1.71 bits per heavy atom. The number of hydrogen-bond donors (Lipinski definition) is 1. The maximum Gasteiger partial charge on any atom is 0.248 e. The Kier molecular flexibility index (Phi) is 2.05. The summed E-state index contributed by atoms with van der Waals surface area (Å²) >= 11 is 0. The van der Waals surface area contributed by atoms with E-state index >= 15 is 0 Å². The molecule has 0 radical (unpaired) electrons. The normalized spacial score (nSPS) is 10.8. The zero-order valence-corrected chi connectivity index (χ0v) is 9.05. The molecular weight excluding hydrogens is 212 g/mol. The number of rotatable bonds is 1. The molecule has 0 atom stereocenters. The Labute approximate surface area is 97.9 Å². The number of carbonyl (C=O) groups is 1. The fourth-order valence-corrected chi connectivity index (χ4v) is 1.92. The molecule has 3 nitrogen and oxygen atoms in total. The van der Waals surface area contributed by atoms with Gasteiger partial charge in [0.05, 0.1) is 11.0 Å². The number of nitrogens with zero attached hydrogens (tertiary/aromatic N) is 1. The molecule has 2 N–H and O–H groups in total. The van der Waals surface area contributed by atoms with Gasteiger partial charge in [0.25, 0.3) is 0 Å². The second kappa shape index (κ2) is 3.56. The Hall–Kier alpha value is -2.42. The minimum absolute atomic E-state index is 0.429. The van der Waals surface area contributed by atoms with Crippen LogP contribution in [-0.4, -0.2) is 10.9 Å². The van der Waals surface area contributed by atoms with Crippen LogP contribution in [0.5, 0.6) is 0 Å². The van der Waals surface area contributed by atoms with Crippen LogP contribution in [-0.2, 0) is 0 Å². The maximum absolute atomic E-state index is 11.1. The average molecular weight is 222 g/mol. The molecule has 0 spiro atoms. The first-order valence-electron chi connectivity index (χ1n) is 5.33. The highest BCUT2D eigenvalue weighted by molar-refractivity contribution is 5.99. The van der Waals surface area contributed by atoms with Crippen LogP contribution >= 0.6 is 0 Å². The van der Waals surface area contributed by atoms with Crippen LogP contribution in [0.1, 0.15) is 10.4 Å². The van der Waals surface area contributed by atoms with Crippen LogP contribution in [0.25, 0.3) is 21.8 Å². The topological polar surface area (TPSA) is 56.0 Å². The molecule has 0 aliphatic heterocycles. The van der Waals surface area contributed by atoms with Crippen molar-refractivity contribution in [2.75, 3.05) is 0 Å². The summed E-state index contributed by atoms with van der Waals surface area (Å²) in [6, 6.07) is 15.3. The summed E-state index contributed by atoms with van der Waals surface area (Å²) in [7, 11) is 0. The van der Waals surface area contributed by atoms with E-state index in [0.29, 0.717) is 5.56 Å². The number of amides is 1. The fraction of sp³-hybridized carbons (Fsp3) is 0. The van der Waals surface area contributed by atoms with E-state index in [-0.39, 0.29) is 0 Å². The largest absolute Gasteiger partial charge is 0.366 e. The minimum Gasteiger partial charge on any atom is -0.366 e. The first kappa shape index (κ1) is 9.78. The highest BCUT2D eigenvalue weighted by Gasteiger charge is 2.03. The smallest absolute Gasteiger partial charge is 0.248 e. The quantitative estimate of drug-likeness (QED) is 0.643. The summed E-state index contributed by atoms with van der Waals surface area (Å²) < 4.78 is 0. The Morgan fingerprint density at radius 1 is 0.941 bits per heavy atom. The van der Waals surface area contributed by atoms with Crippen molar-refractivity contribution >= 4 is 27.7 Å². The Morgan fingerprint density at radius 3 is 2.53 bits per heavy atom. The third-order valence-electron chi connectivity index (χ3n) is 2.80. The van der Waals surface area contributed by atoms with Crippen molar-refractivity contribution in [3.8, 4) is 0 Å². The molecule has 0 aliphatic rings. The minimum atomic E-state index is -0.429. The molecule has 1 heterocycles. The van der Waals surface area contributed by atoms with Gasteiger partial charge in [-0.1, -0.05) is 24.3 Å². The number of hydrogen-bond acceptors (Lipinski definition) is 2. The molecule has 82 valence electrons. The van der Waals surface area contributed by atoms with E-state index in [4.69, 9.17) is 5.73 Å². The van der Waals surface area contributed by atoms with Crippen LogP contribution in [0.3, 0.4) is 0 Å². The zero-order chi connectivity index (χ0) is 11.8. The Bertz CT molecular complexity index is 734. The fourth-order valence-electron chi connectivity index (χ4n) is 1.92. The Balaban J connectivity index is 2.36. The molecule has 3 rings (SSSR count). The lowest BCUT2D eigenvalue weighted by Crippen LogP contribution is -2.10. The molecule has 3 aromatic rings. The summed E-state index contributed by atoms with van der Waals surface area (Å²) in [4.78, 5) is 15.6. The third-order valence-corrected chi connectivity index (χ3v) is 2.80. The van der Waals surface area contributed by atoms with Crippen molar-refractivity contribution in [2.24, 2.45) is 5.73 Å². The molecular formula is C14H10N2O. The maximum atomic E-state index is 11.1. The summed E-state index contributed by atoms with van der Waals surface area (Å²) in [5.41, 5.74) is 7.45. The van der Waals surface area contributed by atoms with Gasteiger partial charge in [0.15, 0.2) is 0 Å². The number of aromatic nitrogens is 1. The van der Waals surface area contributed by atoms with Crippen molar-refractivity contribution in [2.45, 2.75) is 0 Å². The van der Waals surface area contributed by atoms with E-state index in [1.807, 2.05) is 30.3 Å². The number of benzene rings is 2. The zero-order valence-electron chi connectivity index (χ0n) is 9.05. The van der Waals surface area contributed by atoms with Gasteiger partial charge in [0.1, 0.15) is 0 Å². The molecule has 0 bridgehead atoms. The van der Waals surface area contributed by atoms with E-state index in [9.17, 15) is 4.79 Å². The predicted molar refractivity (Wildman–Crippen MR) is 67.8 cm³/mol. The van der Waals surface area contributed by atoms with E-state index in [0.717, 1.165) is 21.8 Å².